The van der Waals surface area contributed by atoms with Crippen LogP contribution in [-0.4, -0.2) is 48.8 Å². The number of aryl methyl sites for hydroxylation is 1. The normalized spacial score (nSPS) is 21.1. The largest absolute Gasteiger partial charge is 0.434 e. The fraction of sp³-hybridized carbons (Fsp3) is 0.440. The fourth-order valence-corrected chi connectivity index (χ4v) is 7.28. The molecule has 1 N–H and O–H groups in total. The topological polar surface area (TPSA) is 109 Å². The molecule has 1 aromatic heterocycles. The Morgan fingerprint density at radius 3 is 2.73 bits per heavy atom. The Morgan fingerprint density at radius 2 is 2.05 bits per heavy atom. The summed E-state index contributed by atoms with van der Waals surface area (Å²) in [5, 5.41) is 6.61. The molecule has 12 heteroatoms. The number of anilines is 1. The molecule has 9 nitrogen and oxygen atoms in total. The number of nitrogens with one attached hydrogen (secondary N) is 1. The van der Waals surface area contributed by atoms with Gasteiger partial charge < -0.3 is 14.1 Å². The van der Waals surface area contributed by atoms with Crippen molar-refractivity contribution < 1.29 is 22.0 Å². The predicted molar refractivity (Wildman–Crippen MR) is 136 cm³/mol. The Bertz CT molecular complexity index is 1480. The van der Waals surface area contributed by atoms with E-state index in [9.17, 15) is 13.2 Å². The van der Waals surface area contributed by atoms with Gasteiger partial charge in [-0.25, -0.2) is 22.7 Å². The van der Waals surface area contributed by atoms with Crippen LogP contribution in [0.2, 0.25) is 5.02 Å². The van der Waals surface area contributed by atoms with Crippen molar-refractivity contribution in [3.63, 3.8) is 0 Å². The summed E-state index contributed by atoms with van der Waals surface area (Å²) in [5.41, 5.74) is 2.34. The van der Waals surface area contributed by atoms with Gasteiger partial charge in [0.1, 0.15) is 16.8 Å². The predicted octanol–water partition coefficient (Wildman–Crippen LogP) is 4.26. The third-order valence-electron chi connectivity index (χ3n) is 7.29. The summed E-state index contributed by atoms with van der Waals surface area (Å²) in [6, 6.07) is 6.52. The zero-order valence-electron chi connectivity index (χ0n) is 20.7. The third kappa shape index (κ3) is 4.69. The zero-order valence-corrected chi connectivity index (χ0v) is 22.3. The minimum Gasteiger partial charge on any atom is -0.391 e. The molecule has 3 atom stereocenters. The summed E-state index contributed by atoms with van der Waals surface area (Å²) in [6.07, 6.45) is 1.69. The summed E-state index contributed by atoms with van der Waals surface area (Å²) in [4.78, 5) is 13.9. The van der Waals surface area contributed by atoms with Crippen LogP contribution in [0, 0.1) is 19.7 Å². The van der Waals surface area contributed by atoms with E-state index in [0.717, 1.165) is 18.4 Å². The Morgan fingerprint density at radius 1 is 1.27 bits per heavy atom. The van der Waals surface area contributed by atoms with Crippen molar-refractivity contribution in [1.82, 2.24) is 14.5 Å². The second kappa shape index (κ2) is 9.86. The van der Waals surface area contributed by atoms with E-state index < -0.39 is 33.6 Å². The second-order valence-electron chi connectivity index (χ2n) is 9.59. The minimum absolute atomic E-state index is 0.0534. The first-order valence-electron chi connectivity index (χ1n) is 12.1. The van der Waals surface area contributed by atoms with Gasteiger partial charge in [0.05, 0.1) is 18.5 Å². The molecule has 0 spiro atoms. The van der Waals surface area contributed by atoms with E-state index >= 15 is 4.39 Å². The number of benzene rings is 2. The van der Waals surface area contributed by atoms with Gasteiger partial charge in [-0.1, -0.05) is 24.6 Å². The number of fused-ring (bicyclic) bond motifs is 1. The number of ether oxygens (including phenoxy) is 1. The van der Waals surface area contributed by atoms with Crippen molar-refractivity contribution in [2.24, 2.45) is 0 Å². The van der Waals surface area contributed by atoms with Gasteiger partial charge in [0.15, 0.2) is 0 Å². The van der Waals surface area contributed by atoms with Gasteiger partial charge >= 0.3 is 5.76 Å². The number of hydrogen-bond donors (Lipinski definition) is 1. The third-order valence-corrected chi connectivity index (χ3v) is 9.38. The lowest BCUT2D eigenvalue weighted by Gasteiger charge is -2.42. The highest BCUT2D eigenvalue weighted by molar-refractivity contribution is 7.89. The van der Waals surface area contributed by atoms with Crippen LogP contribution in [0.4, 0.5) is 10.1 Å². The maximum atomic E-state index is 15.2. The molecule has 2 aromatic carbocycles. The molecule has 3 heterocycles. The van der Waals surface area contributed by atoms with Gasteiger partial charge in [-0.2, -0.15) is 4.31 Å². The average molecular weight is 551 g/mol. The number of halogens is 2. The molecule has 2 aliphatic heterocycles. The second-order valence-corrected chi connectivity index (χ2v) is 11.9. The summed E-state index contributed by atoms with van der Waals surface area (Å²) >= 11 is 6.26. The summed E-state index contributed by atoms with van der Waals surface area (Å²) in [7, 11) is -4.14. The van der Waals surface area contributed by atoms with Gasteiger partial charge in [-0.15, -0.1) is 5.10 Å². The van der Waals surface area contributed by atoms with Gasteiger partial charge in [-0.05, 0) is 67.6 Å². The van der Waals surface area contributed by atoms with Crippen LogP contribution in [0.25, 0.3) is 0 Å². The van der Waals surface area contributed by atoms with E-state index in [1.807, 2.05) is 11.8 Å². The Kier molecular flexibility index (Phi) is 6.90. The molecule has 5 rings (SSSR count). The van der Waals surface area contributed by atoms with E-state index in [1.165, 1.54) is 22.5 Å². The Hall–Kier alpha value is -2.73. The summed E-state index contributed by atoms with van der Waals surface area (Å²) in [5.74, 6) is -2.20. The fourth-order valence-electron chi connectivity index (χ4n) is 5.31. The molecule has 0 bridgehead atoms. The SMILES string of the molecule is Cc1ccc(F)c([C@@H](C)[C@@H](c2n[nH]c(=O)o2)N2CN(C[C@@H]3CCCO3)c3cc(Cl)ccc3S2(=O)=O)c1C. The molecular weight excluding hydrogens is 523 g/mol. The quantitative estimate of drug-likeness (QED) is 0.488. The first-order valence-corrected chi connectivity index (χ1v) is 13.9. The molecule has 0 radical (unpaired) electrons. The van der Waals surface area contributed by atoms with Crippen LogP contribution < -0.4 is 10.7 Å². The minimum atomic E-state index is -4.14. The van der Waals surface area contributed by atoms with Gasteiger partial charge in [0.25, 0.3) is 0 Å². The van der Waals surface area contributed by atoms with E-state index in [4.69, 9.17) is 20.8 Å². The van der Waals surface area contributed by atoms with Crippen molar-refractivity contribution >= 4 is 27.3 Å². The van der Waals surface area contributed by atoms with E-state index in [-0.39, 0.29) is 23.6 Å². The van der Waals surface area contributed by atoms with E-state index in [2.05, 4.69) is 10.2 Å². The first-order chi connectivity index (χ1) is 17.6. The molecule has 1 fully saturated rings. The van der Waals surface area contributed by atoms with Crippen molar-refractivity contribution in [1.29, 1.82) is 0 Å². The number of rotatable bonds is 6. The molecule has 0 saturated carbocycles. The van der Waals surface area contributed by atoms with Crippen LogP contribution in [0.1, 0.15) is 54.3 Å². The number of H-pyrrole nitrogens is 1. The van der Waals surface area contributed by atoms with Gasteiger partial charge in [0, 0.05) is 24.1 Å². The highest BCUT2D eigenvalue weighted by Crippen LogP contribution is 2.45. The van der Waals surface area contributed by atoms with Crippen molar-refractivity contribution in [3.05, 3.63) is 74.3 Å². The highest BCUT2D eigenvalue weighted by atomic mass is 35.5. The Balaban J connectivity index is 1.67. The van der Waals surface area contributed by atoms with Gasteiger partial charge in [-0.3, -0.25) is 0 Å². The maximum absolute atomic E-state index is 15.2. The molecule has 2 aliphatic rings. The molecule has 3 aromatic rings. The number of hydrogen-bond acceptors (Lipinski definition) is 7. The molecule has 0 unspecified atom stereocenters. The smallest absolute Gasteiger partial charge is 0.391 e. The maximum Gasteiger partial charge on any atom is 0.434 e. The van der Waals surface area contributed by atoms with Crippen molar-refractivity contribution in [3.8, 4) is 0 Å². The standard InChI is InChI=1S/C25H28ClFN4O5S/c1-14-6-8-19(27)22(15(14)2)16(3)23(24-28-29-25(32)36-24)31-13-30(12-18-5-4-10-35-18)20-11-17(26)7-9-21(20)37(31,33)34/h6-9,11,16,18,23H,4-5,10,12-13H2,1-3H3,(H,29,32)/t16-,18+,23+/m1/s1. The number of nitrogens with zero attached hydrogens (tertiary/aromatic N) is 3. The summed E-state index contributed by atoms with van der Waals surface area (Å²) < 4.78 is 55.7. The molecule has 37 heavy (non-hydrogen) atoms. The molecule has 0 aliphatic carbocycles. The lowest BCUT2D eigenvalue weighted by Crippen LogP contribution is -2.51. The molecule has 1 saturated heterocycles. The van der Waals surface area contributed by atoms with Crippen molar-refractivity contribution in [2.45, 2.75) is 56.6 Å². The number of aromatic nitrogens is 2. The Labute approximate surface area is 219 Å². The number of sulfonamides is 1. The number of aromatic amines is 1. The van der Waals surface area contributed by atoms with Crippen molar-refractivity contribution in [2.75, 3.05) is 24.7 Å². The highest BCUT2D eigenvalue weighted by Gasteiger charge is 2.46. The van der Waals surface area contributed by atoms with Crippen LogP contribution in [0.3, 0.4) is 0 Å². The van der Waals surface area contributed by atoms with E-state index in [1.54, 1.807) is 26.0 Å². The van der Waals surface area contributed by atoms with E-state index in [0.29, 0.717) is 35.0 Å². The van der Waals surface area contributed by atoms with Gasteiger partial charge in [0.2, 0.25) is 15.9 Å². The average Bonchev–Trinajstić information content (AvgIpc) is 3.51. The van der Waals surface area contributed by atoms with Crippen LogP contribution in [0.5, 0.6) is 0 Å². The zero-order chi connectivity index (χ0) is 26.5. The van der Waals surface area contributed by atoms with Crippen LogP contribution in [-0.2, 0) is 14.8 Å². The summed E-state index contributed by atoms with van der Waals surface area (Å²) in [6.45, 7) is 6.34. The first kappa shape index (κ1) is 25.9. The molecule has 0 amide bonds. The van der Waals surface area contributed by atoms with Crippen LogP contribution >= 0.6 is 11.6 Å². The molecule has 198 valence electrons. The molecular formula is C25H28ClFN4O5S. The monoisotopic (exact) mass is 550 g/mol. The van der Waals surface area contributed by atoms with Crippen LogP contribution in [0.15, 0.2) is 44.4 Å². The lowest BCUT2D eigenvalue weighted by atomic mass is 9.87. The lowest BCUT2D eigenvalue weighted by molar-refractivity contribution is 0.112.